The SMILES string of the molecule is NC1CCC(c2nn3c(C(F)(F)F)nnc3s2)C1. The fraction of sp³-hybridized carbons (Fsp3) is 0.667. The van der Waals surface area contributed by atoms with Crippen molar-refractivity contribution < 1.29 is 13.2 Å². The van der Waals surface area contributed by atoms with E-state index in [1.54, 1.807) is 0 Å². The molecule has 2 atom stereocenters. The highest BCUT2D eigenvalue weighted by atomic mass is 32.1. The molecule has 2 unspecified atom stereocenters. The Morgan fingerprint density at radius 2 is 2.06 bits per heavy atom. The van der Waals surface area contributed by atoms with Crippen LogP contribution in [0.5, 0.6) is 0 Å². The van der Waals surface area contributed by atoms with Crippen molar-refractivity contribution in [1.29, 1.82) is 0 Å². The highest BCUT2D eigenvalue weighted by Gasteiger charge is 2.39. The van der Waals surface area contributed by atoms with Crippen molar-refractivity contribution in [2.75, 3.05) is 0 Å². The lowest BCUT2D eigenvalue weighted by Crippen LogP contribution is -2.14. The van der Waals surface area contributed by atoms with Crippen LogP contribution in [0.4, 0.5) is 13.2 Å². The van der Waals surface area contributed by atoms with Crippen molar-refractivity contribution >= 4 is 16.3 Å². The molecule has 0 aromatic carbocycles. The predicted molar refractivity (Wildman–Crippen MR) is 58.2 cm³/mol. The molecule has 3 rings (SSSR count). The number of nitrogens with two attached hydrogens (primary N) is 1. The quantitative estimate of drug-likeness (QED) is 0.863. The minimum atomic E-state index is -4.53. The van der Waals surface area contributed by atoms with Gasteiger partial charge in [-0.3, -0.25) is 0 Å². The fourth-order valence-electron chi connectivity index (χ4n) is 2.21. The maximum absolute atomic E-state index is 12.6. The normalized spacial score (nSPS) is 25.1. The topological polar surface area (TPSA) is 69.1 Å². The van der Waals surface area contributed by atoms with Gasteiger partial charge in [0.1, 0.15) is 5.01 Å². The highest BCUT2D eigenvalue weighted by Crippen LogP contribution is 2.37. The smallest absolute Gasteiger partial charge is 0.328 e. The van der Waals surface area contributed by atoms with Crippen molar-refractivity contribution in [3.05, 3.63) is 10.8 Å². The number of halogens is 3. The maximum atomic E-state index is 12.6. The molecule has 2 N–H and O–H groups in total. The van der Waals surface area contributed by atoms with Gasteiger partial charge in [-0.2, -0.15) is 22.8 Å². The molecule has 1 aliphatic carbocycles. The molecule has 0 radical (unpaired) electrons. The van der Waals surface area contributed by atoms with E-state index in [1.807, 2.05) is 0 Å². The summed E-state index contributed by atoms with van der Waals surface area (Å²) in [5.41, 5.74) is 5.79. The van der Waals surface area contributed by atoms with E-state index in [-0.39, 0.29) is 16.9 Å². The van der Waals surface area contributed by atoms with E-state index in [0.29, 0.717) is 5.01 Å². The molecular formula is C9H10F3N5S. The third kappa shape index (κ3) is 1.87. The number of fused-ring (bicyclic) bond motifs is 1. The second-order valence-corrected chi connectivity index (χ2v) is 5.41. The molecule has 0 bridgehead atoms. The molecule has 0 amide bonds. The van der Waals surface area contributed by atoms with Crippen molar-refractivity contribution in [2.24, 2.45) is 5.73 Å². The van der Waals surface area contributed by atoms with Crippen LogP contribution in [0, 0.1) is 0 Å². The van der Waals surface area contributed by atoms with Crippen LogP contribution in [-0.2, 0) is 6.18 Å². The number of aromatic nitrogens is 4. The van der Waals surface area contributed by atoms with E-state index < -0.39 is 12.0 Å². The summed E-state index contributed by atoms with van der Waals surface area (Å²) in [6, 6.07) is 0.117. The van der Waals surface area contributed by atoms with Gasteiger partial charge < -0.3 is 5.73 Å². The van der Waals surface area contributed by atoms with Gasteiger partial charge in [0.05, 0.1) is 0 Å². The van der Waals surface area contributed by atoms with Crippen LogP contribution < -0.4 is 5.73 Å². The molecule has 2 aromatic heterocycles. The third-order valence-electron chi connectivity index (χ3n) is 3.08. The summed E-state index contributed by atoms with van der Waals surface area (Å²) in [6.45, 7) is 0. The van der Waals surface area contributed by atoms with Crippen LogP contribution in [-0.4, -0.2) is 25.9 Å². The number of rotatable bonds is 1. The highest BCUT2D eigenvalue weighted by molar-refractivity contribution is 7.16. The molecule has 98 valence electrons. The van der Waals surface area contributed by atoms with Gasteiger partial charge in [0.2, 0.25) is 4.96 Å². The van der Waals surface area contributed by atoms with Gasteiger partial charge in [-0.25, -0.2) is 0 Å². The molecular weight excluding hydrogens is 267 g/mol. The molecule has 0 spiro atoms. The summed E-state index contributed by atoms with van der Waals surface area (Å²) >= 11 is 1.16. The van der Waals surface area contributed by atoms with Crippen LogP contribution in [0.1, 0.15) is 36.0 Å². The zero-order valence-corrected chi connectivity index (χ0v) is 10.0. The molecule has 0 aliphatic heterocycles. The monoisotopic (exact) mass is 277 g/mol. The molecule has 9 heteroatoms. The molecule has 5 nitrogen and oxygen atoms in total. The maximum Gasteiger partial charge on any atom is 0.453 e. The number of hydrogen-bond donors (Lipinski definition) is 1. The number of alkyl halides is 3. The largest absolute Gasteiger partial charge is 0.453 e. The van der Waals surface area contributed by atoms with Crippen LogP contribution in [0.3, 0.4) is 0 Å². The van der Waals surface area contributed by atoms with Gasteiger partial charge in [-0.05, 0) is 19.3 Å². The molecule has 1 aliphatic rings. The summed E-state index contributed by atoms with van der Waals surface area (Å²) in [6.07, 6.45) is -2.01. The Balaban J connectivity index is 1.99. The number of hydrogen-bond acceptors (Lipinski definition) is 5. The first-order valence-corrected chi connectivity index (χ1v) is 6.31. The second kappa shape index (κ2) is 3.89. The van der Waals surface area contributed by atoms with E-state index in [2.05, 4.69) is 15.3 Å². The number of nitrogens with zero attached hydrogens (tertiary/aromatic N) is 4. The van der Waals surface area contributed by atoms with Gasteiger partial charge in [0, 0.05) is 12.0 Å². The minimum absolute atomic E-state index is 0.117. The van der Waals surface area contributed by atoms with Gasteiger partial charge in [0.15, 0.2) is 0 Å². The van der Waals surface area contributed by atoms with Crippen molar-refractivity contribution in [2.45, 2.75) is 37.4 Å². The van der Waals surface area contributed by atoms with Crippen LogP contribution in [0.15, 0.2) is 0 Å². The van der Waals surface area contributed by atoms with Gasteiger partial charge in [-0.1, -0.05) is 11.3 Å². The molecule has 2 aromatic rings. The van der Waals surface area contributed by atoms with E-state index in [0.717, 1.165) is 35.1 Å². The molecule has 18 heavy (non-hydrogen) atoms. The van der Waals surface area contributed by atoms with Crippen molar-refractivity contribution in [3.63, 3.8) is 0 Å². The minimum Gasteiger partial charge on any atom is -0.328 e. The predicted octanol–water partition coefficient (Wildman–Crippen LogP) is 1.80. The van der Waals surface area contributed by atoms with E-state index in [9.17, 15) is 13.2 Å². The first-order chi connectivity index (χ1) is 8.45. The molecule has 2 heterocycles. The Morgan fingerprint density at radius 3 is 2.67 bits per heavy atom. The summed E-state index contributed by atoms with van der Waals surface area (Å²) < 4.78 is 38.6. The van der Waals surface area contributed by atoms with Gasteiger partial charge in [0.25, 0.3) is 5.82 Å². The zero-order valence-electron chi connectivity index (χ0n) is 9.18. The van der Waals surface area contributed by atoms with Crippen LogP contribution >= 0.6 is 11.3 Å². The molecule has 1 saturated carbocycles. The van der Waals surface area contributed by atoms with E-state index in [4.69, 9.17) is 5.73 Å². The first-order valence-electron chi connectivity index (χ1n) is 5.50. The molecule has 0 saturated heterocycles. The van der Waals surface area contributed by atoms with Gasteiger partial charge in [-0.15, -0.1) is 10.2 Å². The summed E-state index contributed by atoms with van der Waals surface area (Å²) in [4.78, 5) is 0.179. The zero-order chi connectivity index (χ0) is 12.9. The fourth-order valence-corrected chi connectivity index (χ4v) is 3.20. The Hall–Kier alpha value is -1.22. The first kappa shape index (κ1) is 11.8. The Labute approximate surface area is 104 Å². The summed E-state index contributed by atoms with van der Waals surface area (Å²) in [5.74, 6) is -0.921. The summed E-state index contributed by atoms with van der Waals surface area (Å²) in [7, 11) is 0. The van der Waals surface area contributed by atoms with E-state index in [1.165, 1.54) is 0 Å². The van der Waals surface area contributed by atoms with Crippen molar-refractivity contribution in [3.8, 4) is 0 Å². The second-order valence-electron chi connectivity index (χ2n) is 4.43. The standard InChI is InChI=1S/C9H10F3N5S/c10-9(11,12)7-14-15-8-17(7)16-6(18-8)4-1-2-5(13)3-4/h4-5H,1-3,13H2. The lowest BCUT2D eigenvalue weighted by atomic mass is 10.1. The Bertz CT molecular complexity index is 574. The average Bonchev–Trinajstić information content (AvgIpc) is 2.87. The Kier molecular flexibility index (Phi) is 2.56. The summed E-state index contributed by atoms with van der Waals surface area (Å²) in [5, 5.41) is 11.3. The third-order valence-corrected chi connectivity index (χ3v) is 4.14. The Morgan fingerprint density at radius 1 is 1.28 bits per heavy atom. The lowest BCUT2D eigenvalue weighted by molar-refractivity contribution is -0.146. The lowest BCUT2D eigenvalue weighted by Gasteiger charge is -2.04. The van der Waals surface area contributed by atoms with E-state index >= 15 is 0 Å². The molecule has 1 fully saturated rings. The van der Waals surface area contributed by atoms with Crippen LogP contribution in [0.25, 0.3) is 4.96 Å². The van der Waals surface area contributed by atoms with Gasteiger partial charge >= 0.3 is 6.18 Å². The average molecular weight is 277 g/mol. The van der Waals surface area contributed by atoms with Crippen molar-refractivity contribution in [1.82, 2.24) is 19.8 Å². The van der Waals surface area contributed by atoms with Crippen LogP contribution in [0.2, 0.25) is 0 Å².